The molecule has 2 aromatic carbocycles. The van der Waals surface area contributed by atoms with E-state index in [4.69, 9.17) is 4.74 Å². The van der Waals surface area contributed by atoms with Gasteiger partial charge in [0.2, 0.25) is 0 Å². The van der Waals surface area contributed by atoms with Gasteiger partial charge < -0.3 is 10.1 Å². The summed E-state index contributed by atoms with van der Waals surface area (Å²) in [6.45, 7) is 2.12. The van der Waals surface area contributed by atoms with Crippen LogP contribution < -0.4 is 10.1 Å². The van der Waals surface area contributed by atoms with E-state index in [1.807, 2.05) is 6.07 Å². The number of hydrogen-bond donors (Lipinski definition) is 1. The Balaban J connectivity index is 1.68. The third-order valence-corrected chi connectivity index (χ3v) is 3.55. The first-order chi connectivity index (χ1) is 9.42. The highest BCUT2D eigenvalue weighted by Gasteiger charge is 2.14. The fraction of sp³-hybridized carbons (Fsp3) is 0.294. The number of piperidine rings is 1. The summed E-state index contributed by atoms with van der Waals surface area (Å²) in [7, 11) is 0. The molecule has 0 radical (unpaired) electrons. The van der Waals surface area contributed by atoms with Crippen LogP contribution in [0.4, 0.5) is 0 Å². The molecule has 2 nitrogen and oxygen atoms in total. The van der Waals surface area contributed by atoms with Crippen LogP contribution in [0.1, 0.15) is 12.8 Å². The molecule has 0 bridgehead atoms. The van der Waals surface area contributed by atoms with Gasteiger partial charge in [-0.15, -0.1) is 0 Å². The Morgan fingerprint density at radius 1 is 0.789 bits per heavy atom. The zero-order chi connectivity index (χ0) is 12.9. The molecule has 2 heteroatoms. The molecule has 1 saturated heterocycles. The molecule has 0 aromatic heterocycles. The van der Waals surface area contributed by atoms with Gasteiger partial charge >= 0.3 is 0 Å². The predicted molar refractivity (Wildman–Crippen MR) is 78.4 cm³/mol. The van der Waals surface area contributed by atoms with Gasteiger partial charge in [-0.05, 0) is 49.2 Å². The van der Waals surface area contributed by atoms with Crippen LogP contribution in [0.3, 0.4) is 0 Å². The van der Waals surface area contributed by atoms with Gasteiger partial charge in [0.15, 0.2) is 0 Å². The standard InChI is InChI=1S/C17H19NO/c1-2-4-14(5-3-1)15-6-8-16(9-7-15)19-17-10-12-18-13-11-17/h1-9,17-18H,10-13H2. The van der Waals surface area contributed by atoms with Gasteiger partial charge in [0.05, 0.1) is 0 Å². The van der Waals surface area contributed by atoms with Crippen molar-refractivity contribution in [3.05, 3.63) is 54.6 Å². The summed E-state index contributed by atoms with van der Waals surface area (Å²) in [5, 5.41) is 3.35. The van der Waals surface area contributed by atoms with Gasteiger partial charge in [0.25, 0.3) is 0 Å². The quantitative estimate of drug-likeness (QED) is 0.904. The van der Waals surface area contributed by atoms with Gasteiger partial charge in [-0.2, -0.15) is 0 Å². The summed E-state index contributed by atoms with van der Waals surface area (Å²) in [4.78, 5) is 0. The lowest BCUT2D eigenvalue weighted by Crippen LogP contribution is -2.34. The van der Waals surface area contributed by atoms with E-state index in [1.165, 1.54) is 11.1 Å². The van der Waals surface area contributed by atoms with Crippen molar-refractivity contribution in [2.45, 2.75) is 18.9 Å². The molecule has 3 rings (SSSR count). The lowest BCUT2D eigenvalue weighted by molar-refractivity contribution is 0.162. The van der Waals surface area contributed by atoms with Crippen LogP contribution in [0.2, 0.25) is 0 Å². The van der Waals surface area contributed by atoms with E-state index in [2.05, 4.69) is 53.8 Å². The van der Waals surface area contributed by atoms with Crippen molar-refractivity contribution in [3.63, 3.8) is 0 Å². The molecular weight excluding hydrogens is 234 g/mol. The first-order valence-electron chi connectivity index (χ1n) is 6.95. The van der Waals surface area contributed by atoms with Gasteiger partial charge in [0.1, 0.15) is 11.9 Å². The summed E-state index contributed by atoms with van der Waals surface area (Å²) in [6.07, 6.45) is 2.56. The Hall–Kier alpha value is -1.80. The molecule has 2 aromatic rings. The third-order valence-electron chi connectivity index (χ3n) is 3.55. The minimum absolute atomic E-state index is 0.365. The molecule has 0 unspecified atom stereocenters. The van der Waals surface area contributed by atoms with Crippen molar-refractivity contribution < 1.29 is 4.74 Å². The summed E-state index contributed by atoms with van der Waals surface area (Å²) in [6, 6.07) is 18.8. The first kappa shape index (κ1) is 12.2. The van der Waals surface area contributed by atoms with Gasteiger partial charge in [-0.1, -0.05) is 42.5 Å². The van der Waals surface area contributed by atoms with E-state index in [-0.39, 0.29) is 0 Å². The monoisotopic (exact) mass is 253 g/mol. The minimum Gasteiger partial charge on any atom is -0.490 e. The van der Waals surface area contributed by atoms with E-state index in [0.29, 0.717) is 6.10 Å². The zero-order valence-corrected chi connectivity index (χ0v) is 11.0. The average Bonchev–Trinajstić information content (AvgIpc) is 2.50. The average molecular weight is 253 g/mol. The molecule has 0 aliphatic carbocycles. The number of rotatable bonds is 3. The van der Waals surface area contributed by atoms with E-state index in [0.717, 1.165) is 31.7 Å². The first-order valence-corrected chi connectivity index (χ1v) is 6.95. The van der Waals surface area contributed by atoms with Gasteiger partial charge in [-0.25, -0.2) is 0 Å². The van der Waals surface area contributed by atoms with Crippen molar-refractivity contribution in [1.29, 1.82) is 0 Å². The Labute approximate surface area is 114 Å². The van der Waals surface area contributed by atoms with Crippen LogP contribution in [0.15, 0.2) is 54.6 Å². The van der Waals surface area contributed by atoms with Gasteiger partial charge in [-0.3, -0.25) is 0 Å². The van der Waals surface area contributed by atoms with Crippen LogP contribution in [0.5, 0.6) is 5.75 Å². The van der Waals surface area contributed by atoms with E-state index >= 15 is 0 Å². The molecule has 98 valence electrons. The molecular formula is C17H19NO. The smallest absolute Gasteiger partial charge is 0.119 e. The van der Waals surface area contributed by atoms with Crippen LogP contribution in [-0.4, -0.2) is 19.2 Å². The number of nitrogens with one attached hydrogen (secondary N) is 1. The topological polar surface area (TPSA) is 21.3 Å². The summed E-state index contributed by atoms with van der Waals surface area (Å²) in [5.74, 6) is 0.978. The summed E-state index contributed by atoms with van der Waals surface area (Å²) < 4.78 is 6.01. The highest BCUT2D eigenvalue weighted by atomic mass is 16.5. The summed E-state index contributed by atoms with van der Waals surface area (Å²) >= 11 is 0. The van der Waals surface area contributed by atoms with Crippen molar-refractivity contribution in [3.8, 4) is 16.9 Å². The van der Waals surface area contributed by atoms with Crippen molar-refractivity contribution in [2.24, 2.45) is 0 Å². The molecule has 0 spiro atoms. The van der Waals surface area contributed by atoms with Crippen LogP contribution in [0.25, 0.3) is 11.1 Å². The Kier molecular flexibility index (Phi) is 3.80. The maximum absolute atomic E-state index is 6.01. The molecule has 1 heterocycles. The molecule has 1 fully saturated rings. The van der Waals surface area contributed by atoms with Crippen molar-refractivity contribution in [2.75, 3.05) is 13.1 Å². The summed E-state index contributed by atoms with van der Waals surface area (Å²) in [5.41, 5.74) is 2.48. The molecule has 19 heavy (non-hydrogen) atoms. The number of benzene rings is 2. The third kappa shape index (κ3) is 3.15. The lowest BCUT2D eigenvalue weighted by atomic mass is 10.1. The van der Waals surface area contributed by atoms with Crippen LogP contribution in [0, 0.1) is 0 Å². The van der Waals surface area contributed by atoms with E-state index in [1.54, 1.807) is 0 Å². The molecule has 0 atom stereocenters. The molecule has 0 amide bonds. The number of ether oxygens (including phenoxy) is 1. The highest BCUT2D eigenvalue weighted by Crippen LogP contribution is 2.23. The minimum atomic E-state index is 0.365. The largest absolute Gasteiger partial charge is 0.490 e. The molecule has 1 aliphatic heterocycles. The second-order valence-electron chi connectivity index (χ2n) is 4.96. The van der Waals surface area contributed by atoms with Crippen LogP contribution in [-0.2, 0) is 0 Å². The zero-order valence-electron chi connectivity index (χ0n) is 11.0. The van der Waals surface area contributed by atoms with Crippen LogP contribution >= 0.6 is 0 Å². The maximum atomic E-state index is 6.01. The Morgan fingerprint density at radius 3 is 2.11 bits per heavy atom. The SMILES string of the molecule is c1ccc(-c2ccc(OC3CCNCC3)cc2)cc1. The van der Waals surface area contributed by atoms with Crippen molar-refractivity contribution in [1.82, 2.24) is 5.32 Å². The number of hydrogen-bond acceptors (Lipinski definition) is 2. The highest BCUT2D eigenvalue weighted by molar-refractivity contribution is 5.63. The molecule has 1 aliphatic rings. The molecule has 1 N–H and O–H groups in total. The molecule has 0 saturated carbocycles. The maximum Gasteiger partial charge on any atom is 0.119 e. The second-order valence-corrected chi connectivity index (χ2v) is 4.96. The van der Waals surface area contributed by atoms with Gasteiger partial charge in [0, 0.05) is 0 Å². The predicted octanol–water partition coefficient (Wildman–Crippen LogP) is 3.48. The Bertz CT molecular complexity index is 501. The van der Waals surface area contributed by atoms with E-state index < -0.39 is 0 Å². The lowest BCUT2D eigenvalue weighted by Gasteiger charge is -2.23. The van der Waals surface area contributed by atoms with Crippen molar-refractivity contribution >= 4 is 0 Å². The van der Waals surface area contributed by atoms with E-state index in [9.17, 15) is 0 Å². The fourth-order valence-corrected chi connectivity index (χ4v) is 2.46. The normalized spacial score (nSPS) is 16.2. The Morgan fingerprint density at radius 2 is 1.42 bits per heavy atom. The fourth-order valence-electron chi connectivity index (χ4n) is 2.46. The second kappa shape index (κ2) is 5.89.